The van der Waals surface area contributed by atoms with Gasteiger partial charge in [0.15, 0.2) is 0 Å². The Kier molecular flexibility index (Phi) is 4.20. The zero-order chi connectivity index (χ0) is 14.5. The van der Waals surface area contributed by atoms with E-state index in [0.717, 1.165) is 28.7 Å². The molecule has 0 saturated carbocycles. The average molecular weight is 268 g/mol. The van der Waals surface area contributed by atoms with Gasteiger partial charge in [0.2, 0.25) is 0 Å². The summed E-state index contributed by atoms with van der Waals surface area (Å²) in [5, 5.41) is 8.57. The van der Waals surface area contributed by atoms with Crippen molar-refractivity contribution in [3.8, 4) is 11.5 Å². The molecule has 0 radical (unpaired) electrons. The van der Waals surface area contributed by atoms with E-state index in [4.69, 9.17) is 9.84 Å². The quantitative estimate of drug-likeness (QED) is 0.845. The van der Waals surface area contributed by atoms with Crippen molar-refractivity contribution >= 4 is 12.0 Å². The van der Waals surface area contributed by atoms with Crippen LogP contribution in [0.4, 0.5) is 0 Å². The number of carboxylic acids is 1. The molecule has 102 valence electrons. The Morgan fingerprint density at radius 1 is 1.10 bits per heavy atom. The van der Waals surface area contributed by atoms with Gasteiger partial charge < -0.3 is 9.84 Å². The van der Waals surface area contributed by atoms with Crippen LogP contribution in [0.5, 0.6) is 11.5 Å². The SMILES string of the molecule is Cc1ccc(Oc2ccc(C=CC(=O)O)cc2)c(C)c1. The van der Waals surface area contributed by atoms with E-state index in [9.17, 15) is 4.79 Å². The van der Waals surface area contributed by atoms with Gasteiger partial charge in [-0.1, -0.05) is 29.8 Å². The molecule has 2 rings (SSSR count). The first-order chi connectivity index (χ1) is 9.54. The van der Waals surface area contributed by atoms with E-state index in [1.807, 2.05) is 50.2 Å². The van der Waals surface area contributed by atoms with E-state index < -0.39 is 5.97 Å². The fourth-order valence-electron chi connectivity index (χ4n) is 1.86. The molecule has 20 heavy (non-hydrogen) atoms. The van der Waals surface area contributed by atoms with Crippen LogP contribution in [0.2, 0.25) is 0 Å². The highest BCUT2D eigenvalue weighted by molar-refractivity contribution is 5.85. The predicted molar refractivity (Wildman–Crippen MR) is 79.1 cm³/mol. The van der Waals surface area contributed by atoms with Crippen molar-refractivity contribution in [2.24, 2.45) is 0 Å². The Morgan fingerprint density at radius 2 is 1.80 bits per heavy atom. The fraction of sp³-hybridized carbons (Fsp3) is 0.118. The molecule has 2 aromatic carbocycles. The van der Waals surface area contributed by atoms with E-state index in [1.165, 1.54) is 5.56 Å². The molecule has 3 heteroatoms. The minimum atomic E-state index is -0.958. The van der Waals surface area contributed by atoms with Crippen LogP contribution < -0.4 is 4.74 Å². The molecule has 0 heterocycles. The van der Waals surface area contributed by atoms with Gasteiger partial charge >= 0.3 is 5.97 Å². The minimum absolute atomic E-state index is 0.726. The van der Waals surface area contributed by atoms with Crippen molar-refractivity contribution in [2.75, 3.05) is 0 Å². The smallest absolute Gasteiger partial charge is 0.328 e. The van der Waals surface area contributed by atoms with Crippen molar-refractivity contribution in [1.82, 2.24) is 0 Å². The summed E-state index contributed by atoms with van der Waals surface area (Å²) >= 11 is 0. The standard InChI is InChI=1S/C17H16O3/c1-12-3-9-16(13(2)11-12)20-15-7-4-14(5-8-15)6-10-17(18)19/h3-11H,1-2H3,(H,18,19). The monoisotopic (exact) mass is 268 g/mol. The van der Waals surface area contributed by atoms with Crippen LogP contribution in [0, 0.1) is 13.8 Å². The number of carbonyl (C=O) groups is 1. The average Bonchev–Trinajstić information content (AvgIpc) is 2.41. The van der Waals surface area contributed by atoms with Crippen molar-refractivity contribution in [2.45, 2.75) is 13.8 Å². The molecule has 0 aromatic heterocycles. The maximum Gasteiger partial charge on any atom is 0.328 e. The lowest BCUT2D eigenvalue weighted by Gasteiger charge is -2.09. The van der Waals surface area contributed by atoms with E-state index in [0.29, 0.717) is 0 Å². The summed E-state index contributed by atoms with van der Waals surface area (Å²) in [4.78, 5) is 10.4. The number of aryl methyl sites for hydroxylation is 2. The number of hydrogen-bond acceptors (Lipinski definition) is 2. The molecule has 3 nitrogen and oxygen atoms in total. The molecular weight excluding hydrogens is 252 g/mol. The van der Waals surface area contributed by atoms with Gasteiger partial charge in [0.1, 0.15) is 11.5 Å². The van der Waals surface area contributed by atoms with Gasteiger partial charge in [-0.05, 0) is 49.2 Å². The highest BCUT2D eigenvalue weighted by Gasteiger charge is 2.01. The summed E-state index contributed by atoms with van der Waals surface area (Å²) < 4.78 is 5.80. The molecule has 2 aromatic rings. The van der Waals surface area contributed by atoms with Crippen LogP contribution in [-0.2, 0) is 4.79 Å². The molecule has 0 saturated heterocycles. The lowest BCUT2D eigenvalue weighted by Crippen LogP contribution is -1.89. The van der Waals surface area contributed by atoms with E-state index >= 15 is 0 Å². The van der Waals surface area contributed by atoms with Gasteiger partial charge in [-0.3, -0.25) is 0 Å². The van der Waals surface area contributed by atoms with Gasteiger partial charge in [-0.15, -0.1) is 0 Å². The number of hydrogen-bond donors (Lipinski definition) is 1. The van der Waals surface area contributed by atoms with Crippen LogP contribution in [0.3, 0.4) is 0 Å². The fourth-order valence-corrected chi connectivity index (χ4v) is 1.86. The van der Waals surface area contributed by atoms with Crippen LogP contribution >= 0.6 is 0 Å². The first-order valence-electron chi connectivity index (χ1n) is 6.31. The van der Waals surface area contributed by atoms with Gasteiger partial charge in [-0.25, -0.2) is 4.79 Å². The van der Waals surface area contributed by atoms with E-state index in [-0.39, 0.29) is 0 Å². The Bertz CT molecular complexity index is 640. The number of aliphatic carboxylic acids is 1. The molecule has 0 fully saturated rings. The summed E-state index contributed by atoms with van der Waals surface area (Å²) in [6.45, 7) is 4.05. The highest BCUT2D eigenvalue weighted by Crippen LogP contribution is 2.26. The third kappa shape index (κ3) is 3.72. The Labute approximate surface area is 118 Å². The number of ether oxygens (including phenoxy) is 1. The molecule has 0 amide bonds. The lowest BCUT2D eigenvalue weighted by molar-refractivity contribution is -0.131. The molecule has 0 bridgehead atoms. The van der Waals surface area contributed by atoms with Gasteiger partial charge in [0.25, 0.3) is 0 Å². The van der Waals surface area contributed by atoms with Gasteiger partial charge in [0.05, 0.1) is 0 Å². The molecule has 1 N–H and O–H groups in total. The van der Waals surface area contributed by atoms with Crippen LogP contribution in [0.15, 0.2) is 48.5 Å². The third-order valence-electron chi connectivity index (χ3n) is 2.86. The maximum absolute atomic E-state index is 10.4. The molecule has 0 unspecified atom stereocenters. The largest absolute Gasteiger partial charge is 0.478 e. The Hall–Kier alpha value is -2.55. The molecule has 0 aliphatic heterocycles. The summed E-state index contributed by atoms with van der Waals surface area (Å²) in [7, 11) is 0. The van der Waals surface area contributed by atoms with Crippen LogP contribution in [0.1, 0.15) is 16.7 Å². The minimum Gasteiger partial charge on any atom is -0.478 e. The Morgan fingerprint density at radius 3 is 2.40 bits per heavy atom. The highest BCUT2D eigenvalue weighted by atomic mass is 16.5. The summed E-state index contributed by atoms with van der Waals surface area (Å²) in [5.41, 5.74) is 3.10. The molecule has 0 spiro atoms. The summed E-state index contributed by atoms with van der Waals surface area (Å²) in [5.74, 6) is 0.592. The number of carboxylic acid groups (broad SMARTS) is 1. The van der Waals surface area contributed by atoms with E-state index in [1.54, 1.807) is 6.08 Å². The maximum atomic E-state index is 10.4. The van der Waals surface area contributed by atoms with Crippen molar-refractivity contribution in [3.05, 3.63) is 65.2 Å². The number of benzene rings is 2. The first-order valence-corrected chi connectivity index (χ1v) is 6.31. The first kappa shape index (κ1) is 13.9. The summed E-state index contributed by atoms with van der Waals surface area (Å²) in [6, 6.07) is 13.3. The molecule has 0 aliphatic rings. The second-order valence-corrected chi connectivity index (χ2v) is 4.61. The lowest BCUT2D eigenvalue weighted by atomic mass is 10.1. The molecule has 0 aliphatic carbocycles. The zero-order valence-corrected chi connectivity index (χ0v) is 11.5. The Balaban J connectivity index is 2.12. The predicted octanol–water partition coefficient (Wildman–Crippen LogP) is 4.19. The molecule has 0 atom stereocenters. The second-order valence-electron chi connectivity index (χ2n) is 4.61. The van der Waals surface area contributed by atoms with Crippen molar-refractivity contribution in [3.63, 3.8) is 0 Å². The van der Waals surface area contributed by atoms with Gasteiger partial charge in [-0.2, -0.15) is 0 Å². The summed E-state index contributed by atoms with van der Waals surface area (Å²) in [6.07, 6.45) is 2.66. The number of rotatable bonds is 4. The topological polar surface area (TPSA) is 46.5 Å². The van der Waals surface area contributed by atoms with Crippen molar-refractivity contribution in [1.29, 1.82) is 0 Å². The third-order valence-corrected chi connectivity index (χ3v) is 2.86. The normalized spacial score (nSPS) is 10.7. The zero-order valence-electron chi connectivity index (χ0n) is 11.5. The second kappa shape index (κ2) is 6.06. The van der Waals surface area contributed by atoms with Gasteiger partial charge in [0, 0.05) is 6.08 Å². The van der Waals surface area contributed by atoms with Crippen LogP contribution in [0.25, 0.3) is 6.08 Å². The molecular formula is C17H16O3. The van der Waals surface area contributed by atoms with Crippen molar-refractivity contribution < 1.29 is 14.6 Å². The van der Waals surface area contributed by atoms with E-state index in [2.05, 4.69) is 6.07 Å². The van der Waals surface area contributed by atoms with Crippen LogP contribution in [-0.4, -0.2) is 11.1 Å².